The fourth-order valence-corrected chi connectivity index (χ4v) is 5.59. The number of likely N-dealkylation sites (N-methyl/N-ethyl adjacent to an activating group) is 1. The number of amides is 2. The molecule has 0 bridgehead atoms. The smallest absolute Gasteiger partial charge is 0.437 e. The third kappa shape index (κ3) is 4.95. The zero-order valence-corrected chi connectivity index (χ0v) is 22.5. The van der Waals surface area contributed by atoms with Crippen LogP contribution in [0.4, 0.5) is 4.79 Å². The lowest BCUT2D eigenvalue weighted by Crippen LogP contribution is -2.52. The summed E-state index contributed by atoms with van der Waals surface area (Å²) in [6.45, 7) is 7.92. The predicted molar refractivity (Wildman–Crippen MR) is 142 cm³/mol. The fourth-order valence-electron chi connectivity index (χ4n) is 4.67. The van der Waals surface area contributed by atoms with E-state index in [4.69, 9.17) is 9.47 Å². The number of methoxy groups -OCH3 is 1. The van der Waals surface area contributed by atoms with Gasteiger partial charge >= 0.3 is 6.09 Å². The van der Waals surface area contributed by atoms with Crippen LogP contribution in [0.3, 0.4) is 0 Å². The van der Waals surface area contributed by atoms with Crippen LogP contribution in [0.1, 0.15) is 51.0 Å². The lowest BCUT2D eigenvalue weighted by atomic mass is 9.80. The van der Waals surface area contributed by atoms with Gasteiger partial charge in [-0.3, -0.25) is 9.69 Å². The van der Waals surface area contributed by atoms with Gasteiger partial charge in [-0.25, -0.2) is 4.79 Å². The molecule has 1 aromatic carbocycles. The molecule has 190 valence electrons. The van der Waals surface area contributed by atoms with Crippen molar-refractivity contribution in [2.45, 2.75) is 58.2 Å². The van der Waals surface area contributed by atoms with E-state index in [1.165, 1.54) is 4.90 Å². The first-order valence-corrected chi connectivity index (χ1v) is 12.9. The highest BCUT2D eigenvalue weighted by Gasteiger charge is 2.47. The van der Waals surface area contributed by atoms with Crippen LogP contribution in [-0.4, -0.2) is 47.5 Å². The van der Waals surface area contributed by atoms with Crippen molar-refractivity contribution in [2.75, 3.05) is 14.2 Å². The lowest BCUT2D eigenvalue weighted by molar-refractivity contribution is -0.122. The Morgan fingerprint density at radius 1 is 1.19 bits per heavy atom. The second-order valence-corrected chi connectivity index (χ2v) is 11.0. The van der Waals surface area contributed by atoms with Gasteiger partial charge < -0.3 is 14.4 Å². The Morgan fingerprint density at radius 3 is 2.53 bits per heavy atom. The molecule has 0 saturated carbocycles. The number of allylic oxidation sites excluding steroid dienone is 1. The largest absolute Gasteiger partial charge is 0.497 e. The van der Waals surface area contributed by atoms with Crippen LogP contribution in [-0.2, 0) is 21.6 Å². The summed E-state index contributed by atoms with van der Waals surface area (Å²) in [5.74, 6) is 0.819. The molecule has 0 radical (unpaired) electrons. The Morgan fingerprint density at radius 2 is 1.92 bits per heavy atom. The first-order chi connectivity index (χ1) is 17.0. The maximum atomic E-state index is 13.7. The van der Waals surface area contributed by atoms with Crippen molar-refractivity contribution in [3.8, 4) is 5.75 Å². The average Bonchev–Trinajstić information content (AvgIpc) is 3.38. The van der Waals surface area contributed by atoms with Gasteiger partial charge in [0.15, 0.2) is 0 Å². The van der Waals surface area contributed by atoms with Gasteiger partial charge in [-0.2, -0.15) is 0 Å². The van der Waals surface area contributed by atoms with Crippen LogP contribution in [0, 0.1) is 0 Å². The molecule has 1 aliphatic heterocycles. The van der Waals surface area contributed by atoms with E-state index in [-0.39, 0.29) is 11.9 Å². The van der Waals surface area contributed by atoms with Gasteiger partial charge in [-0.05, 0) is 75.3 Å². The van der Waals surface area contributed by atoms with Crippen LogP contribution in [0.2, 0.25) is 0 Å². The third-order valence-electron chi connectivity index (χ3n) is 6.46. The van der Waals surface area contributed by atoms with Crippen molar-refractivity contribution in [3.63, 3.8) is 0 Å². The SMILES string of the molecule is COc1ccc(CN2C(=NC(=O)OC(C)(C)C)N(C)C(=O)C3=C(CCC=C3)C2(C)c2cccs2)cc1. The Kier molecular flexibility index (Phi) is 7.09. The summed E-state index contributed by atoms with van der Waals surface area (Å²) >= 11 is 1.63. The van der Waals surface area contributed by atoms with E-state index in [2.05, 4.69) is 22.9 Å². The van der Waals surface area contributed by atoms with Gasteiger partial charge in [0.1, 0.15) is 11.4 Å². The summed E-state index contributed by atoms with van der Waals surface area (Å²) in [7, 11) is 3.30. The number of nitrogens with zero attached hydrogens (tertiary/aromatic N) is 3. The molecule has 0 spiro atoms. The van der Waals surface area contributed by atoms with E-state index in [1.807, 2.05) is 47.9 Å². The van der Waals surface area contributed by atoms with E-state index in [1.54, 1.807) is 46.3 Å². The quantitative estimate of drug-likeness (QED) is 0.517. The molecule has 7 nitrogen and oxygen atoms in total. The summed E-state index contributed by atoms with van der Waals surface area (Å²) in [6, 6.07) is 11.9. The van der Waals surface area contributed by atoms with Gasteiger partial charge in [0.05, 0.1) is 12.6 Å². The fraction of sp³-hybridized carbons (Fsp3) is 0.393. The molecule has 36 heavy (non-hydrogen) atoms. The third-order valence-corrected chi connectivity index (χ3v) is 7.54. The van der Waals surface area contributed by atoms with Gasteiger partial charge in [0, 0.05) is 24.0 Å². The van der Waals surface area contributed by atoms with E-state index >= 15 is 0 Å². The topological polar surface area (TPSA) is 71.4 Å². The average molecular weight is 508 g/mol. The second kappa shape index (κ2) is 9.93. The number of ether oxygens (including phenoxy) is 2. The number of carbonyl (C=O) groups excluding carboxylic acids is 2. The minimum Gasteiger partial charge on any atom is -0.497 e. The molecule has 8 heteroatoms. The van der Waals surface area contributed by atoms with Crippen LogP contribution in [0.5, 0.6) is 5.75 Å². The number of rotatable bonds is 4. The molecular formula is C28H33N3O4S. The van der Waals surface area contributed by atoms with E-state index in [0.717, 1.165) is 34.6 Å². The van der Waals surface area contributed by atoms with Gasteiger partial charge in [0.25, 0.3) is 5.91 Å². The standard InChI is InChI=1S/C28H33N3O4S/c1-27(2,3)35-26(33)29-25-30(5)24(32)21-10-7-8-11-22(21)28(4,23-12-9-17-36-23)31(25)18-19-13-15-20(34-6)16-14-19/h7,9-10,12-17H,8,11,18H2,1-6H3. The molecule has 1 atom stereocenters. The molecule has 2 amide bonds. The maximum absolute atomic E-state index is 13.7. The monoisotopic (exact) mass is 507 g/mol. The van der Waals surface area contributed by atoms with Crippen LogP contribution < -0.4 is 4.74 Å². The Labute approximate surface area is 216 Å². The highest BCUT2D eigenvalue weighted by Crippen LogP contribution is 2.46. The Hall–Kier alpha value is -3.39. The molecular weight excluding hydrogens is 474 g/mol. The lowest BCUT2D eigenvalue weighted by Gasteiger charge is -2.44. The number of carbonyl (C=O) groups is 2. The molecule has 4 rings (SSSR count). The summed E-state index contributed by atoms with van der Waals surface area (Å²) in [5.41, 5.74) is 1.23. The number of hydrogen-bond acceptors (Lipinski definition) is 5. The molecule has 1 unspecified atom stereocenters. The van der Waals surface area contributed by atoms with Gasteiger partial charge in [-0.1, -0.05) is 30.4 Å². The van der Waals surface area contributed by atoms with Crippen LogP contribution in [0.15, 0.2) is 70.1 Å². The normalized spacial score (nSPS) is 21.5. The highest BCUT2D eigenvalue weighted by atomic mass is 32.1. The minimum absolute atomic E-state index is 0.191. The zero-order valence-electron chi connectivity index (χ0n) is 21.7. The number of hydrogen-bond donors (Lipinski definition) is 0. The summed E-state index contributed by atoms with van der Waals surface area (Å²) in [4.78, 5) is 35.7. The minimum atomic E-state index is -0.735. The van der Waals surface area contributed by atoms with E-state index < -0.39 is 17.2 Å². The van der Waals surface area contributed by atoms with Crippen molar-refractivity contribution >= 4 is 29.3 Å². The molecule has 1 aliphatic carbocycles. The number of guanidine groups is 1. The van der Waals surface area contributed by atoms with Gasteiger partial charge in [-0.15, -0.1) is 16.3 Å². The molecule has 0 saturated heterocycles. The molecule has 0 fully saturated rings. The zero-order chi connectivity index (χ0) is 26.1. The molecule has 1 aromatic heterocycles. The van der Waals surface area contributed by atoms with Crippen molar-refractivity contribution in [3.05, 3.63) is 75.5 Å². The number of benzene rings is 1. The van der Waals surface area contributed by atoms with Crippen LogP contribution in [0.25, 0.3) is 0 Å². The van der Waals surface area contributed by atoms with Crippen LogP contribution >= 0.6 is 11.3 Å². The summed E-state index contributed by atoms with van der Waals surface area (Å²) in [5, 5.41) is 2.03. The molecule has 0 N–H and O–H groups in total. The second-order valence-electron chi connectivity index (χ2n) is 10.1. The molecule has 2 aliphatic rings. The number of thiophene rings is 1. The highest BCUT2D eigenvalue weighted by molar-refractivity contribution is 7.10. The number of aliphatic imine (C=N–C) groups is 1. The van der Waals surface area contributed by atoms with Crippen molar-refractivity contribution < 1.29 is 19.1 Å². The molecule has 2 aromatic rings. The first kappa shape index (κ1) is 25.7. The van der Waals surface area contributed by atoms with Crippen molar-refractivity contribution in [2.24, 2.45) is 4.99 Å². The summed E-state index contributed by atoms with van der Waals surface area (Å²) < 4.78 is 10.9. The predicted octanol–water partition coefficient (Wildman–Crippen LogP) is 5.88. The molecule has 2 heterocycles. The van der Waals surface area contributed by atoms with Crippen molar-refractivity contribution in [1.82, 2.24) is 9.80 Å². The van der Waals surface area contributed by atoms with E-state index in [0.29, 0.717) is 12.1 Å². The Balaban J connectivity index is 1.94. The van der Waals surface area contributed by atoms with Gasteiger partial charge in [0.2, 0.25) is 5.96 Å². The maximum Gasteiger partial charge on any atom is 0.437 e. The van der Waals surface area contributed by atoms with E-state index in [9.17, 15) is 9.59 Å². The van der Waals surface area contributed by atoms with Crippen molar-refractivity contribution in [1.29, 1.82) is 0 Å². The Bertz CT molecular complexity index is 1220. The summed E-state index contributed by atoms with van der Waals surface area (Å²) in [6.07, 6.45) is 4.78. The first-order valence-electron chi connectivity index (χ1n) is 12.0.